The van der Waals surface area contributed by atoms with Gasteiger partial charge in [0.25, 0.3) is 0 Å². The minimum atomic E-state index is 0.216. The summed E-state index contributed by atoms with van der Waals surface area (Å²) in [5.74, 6) is 2.83. The molecule has 29 heavy (non-hydrogen) atoms. The summed E-state index contributed by atoms with van der Waals surface area (Å²) in [4.78, 5) is 12.9. The van der Waals surface area contributed by atoms with E-state index in [1.807, 2.05) is 48.1 Å². The van der Waals surface area contributed by atoms with Crippen molar-refractivity contribution < 1.29 is 0 Å². The first kappa shape index (κ1) is 18.9. The Morgan fingerprint density at radius 1 is 0.966 bits per heavy atom. The molecule has 4 aromatic rings. The molecule has 0 saturated carbocycles. The molecule has 146 valence electrons. The Balaban J connectivity index is 1.35. The highest BCUT2D eigenvalue weighted by molar-refractivity contribution is 7.97. The van der Waals surface area contributed by atoms with Crippen molar-refractivity contribution in [3.05, 3.63) is 83.9 Å². The van der Waals surface area contributed by atoms with Crippen LogP contribution in [0.1, 0.15) is 17.0 Å². The summed E-state index contributed by atoms with van der Waals surface area (Å²) in [5, 5.41) is 7.42. The van der Waals surface area contributed by atoms with E-state index in [-0.39, 0.29) is 5.95 Å². The lowest BCUT2D eigenvalue weighted by molar-refractivity contribution is 0.880. The van der Waals surface area contributed by atoms with Gasteiger partial charge < -0.3 is 11.1 Å². The van der Waals surface area contributed by atoms with E-state index in [2.05, 4.69) is 49.6 Å². The predicted octanol–water partition coefficient (Wildman–Crippen LogP) is 4.12. The summed E-state index contributed by atoms with van der Waals surface area (Å²) >= 11 is 1.73. The van der Waals surface area contributed by atoms with Gasteiger partial charge in [-0.05, 0) is 42.8 Å². The Hall–Kier alpha value is -3.39. The lowest BCUT2D eigenvalue weighted by Gasteiger charge is -2.08. The average molecular weight is 404 g/mol. The van der Waals surface area contributed by atoms with E-state index in [9.17, 15) is 0 Å². The summed E-state index contributed by atoms with van der Waals surface area (Å²) in [6, 6.07) is 18.3. The maximum absolute atomic E-state index is 5.86. The second kappa shape index (κ2) is 8.74. The number of nitrogens with two attached hydrogens (primary N) is 1. The van der Waals surface area contributed by atoms with Gasteiger partial charge in [-0.15, -0.1) is 11.8 Å². The van der Waals surface area contributed by atoms with Crippen LogP contribution >= 0.6 is 11.8 Å². The van der Waals surface area contributed by atoms with Crippen LogP contribution in [-0.4, -0.2) is 24.7 Å². The van der Waals surface area contributed by atoms with Crippen LogP contribution in [0.5, 0.6) is 0 Å². The third kappa shape index (κ3) is 5.11. The van der Waals surface area contributed by atoms with Crippen LogP contribution in [0.4, 0.5) is 17.6 Å². The number of nitrogen functional groups attached to an aromatic ring is 1. The second-order valence-electron chi connectivity index (χ2n) is 6.53. The van der Waals surface area contributed by atoms with Gasteiger partial charge in [-0.2, -0.15) is 20.1 Å². The molecule has 2 aromatic heterocycles. The molecule has 0 saturated heterocycles. The minimum absolute atomic E-state index is 0.216. The van der Waals surface area contributed by atoms with Crippen molar-refractivity contribution in [1.82, 2.24) is 24.7 Å². The van der Waals surface area contributed by atoms with Crippen molar-refractivity contribution in [3.63, 3.8) is 0 Å². The van der Waals surface area contributed by atoms with Gasteiger partial charge in [-0.3, -0.25) is 0 Å². The number of hydrogen-bond donors (Lipinski definition) is 2. The molecule has 0 unspecified atom stereocenters. The molecule has 7 nitrogen and oxygen atoms in total. The molecule has 0 aliphatic heterocycles. The van der Waals surface area contributed by atoms with Crippen LogP contribution in [-0.2, 0) is 11.5 Å². The zero-order chi connectivity index (χ0) is 20.1. The Labute approximate surface area is 173 Å². The molecule has 2 aromatic carbocycles. The molecule has 3 N–H and O–H groups in total. The first-order valence-corrected chi connectivity index (χ1v) is 10.3. The molecule has 2 heterocycles. The molecule has 0 radical (unpaired) electrons. The van der Waals surface area contributed by atoms with Crippen molar-refractivity contribution in [1.29, 1.82) is 0 Å². The fourth-order valence-corrected chi connectivity index (χ4v) is 3.59. The lowest BCUT2D eigenvalue weighted by atomic mass is 10.2. The molecule has 0 atom stereocenters. The van der Waals surface area contributed by atoms with Gasteiger partial charge >= 0.3 is 0 Å². The summed E-state index contributed by atoms with van der Waals surface area (Å²) in [6.45, 7) is 2.05. The molecule has 0 fully saturated rings. The van der Waals surface area contributed by atoms with E-state index < -0.39 is 0 Å². The van der Waals surface area contributed by atoms with Crippen molar-refractivity contribution in [2.45, 2.75) is 18.4 Å². The number of aryl methyl sites for hydroxylation is 1. The first-order valence-electron chi connectivity index (χ1n) is 9.16. The van der Waals surface area contributed by atoms with E-state index in [0.717, 1.165) is 17.1 Å². The van der Waals surface area contributed by atoms with Crippen LogP contribution in [0.3, 0.4) is 0 Å². The van der Waals surface area contributed by atoms with Gasteiger partial charge in [0.15, 0.2) is 0 Å². The predicted molar refractivity (Wildman–Crippen MR) is 117 cm³/mol. The average Bonchev–Trinajstić information content (AvgIpc) is 3.25. The molecule has 0 amide bonds. The number of nitrogens with zero attached hydrogens (tertiary/aromatic N) is 5. The lowest BCUT2D eigenvalue weighted by Crippen LogP contribution is -2.06. The normalized spacial score (nSPS) is 10.8. The molecule has 0 aliphatic rings. The number of anilines is 3. The smallest absolute Gasteiger partial charge is 0.232 e. The van der Waals surface area contributed by atoms with Gasteiger partial charge in [0, 0.05) is 23.8 Å². The molecular weight excluding hydrogens is 382 g/mol. The highest BCUT2D eigenvalue weighted by Crippen LogP contribution is 2.19. The van der Waals surface area contributed by atoms with E-state index in [4.69, 9.17) is 5.73 Å². The third-order valence-corrected chi connectivity index (χ3v) is 5.21. The van der Waals surface area contributed by atoms with Crippen LogP contribution < -0.4 is 11.1 Å². The van der Waals surface area contributed by atoms with Crippen LogP contribution in [0.25, 0.3) is 5.69 Å². The monoisotopic (exact) mass is 403 g/mol. The molecule has 4 rings (SSSR count). The van der Waals surface area contributed by atoms with Gasteiger partial charge in [0.2, 0.25) is 11.9 Å². The summed E-state index contributed by atoms with van der Waals surface area (Å²) < 4.78 is 1.84. The minimum Gasteiger partial charge on any atom is -0.368 e. The molecule has 8 heteroatoms. The van der Waals surface area contributed by atoms with Gasteiger partial charge in [-0.1, -0.05) is 29.8 Å². The fourth-order valence-electron chi connectivity index (χ4n) is 2.75. The number of aromatic nitrogens is 5. The third-order valence-electron chi connectivity index (χ3n) is 4.21. The van der Waals surface area contributed by atoms with Gasteiger partial charge in [-0.25, -0.2) is 4.68 Å². The fraction of sp³-hybridized carbons (Fsp3) is 0.143. The summed E-state index contributed by atoms with van der Waals surface area (Å²) in [5.41, 5.74) is 10.2. The largest absolute Gasteiger partial charge is 0.368 e. The zero-order valence-electron chi connectivity index (χ0n) is 16.0. The highest BCUT2D eigenvalue weighted by atomic mass is 32.2. The Morgan fingerprint density at radius 3 is 2.48 bits per heavy atom. The maximum atomic E-state index is 5.86. The van der Waals surface area contributed by atoms with Crippen molar-refractivity contribution in [2.24, 2.45) is 0 Å². The maximum Gasteiger partial charge on any atom is 0.232 e. The zero-order valence-corrected chi connectivity index (χ0v) is 16.8. The van der Waals surface area contributed by atoms with Crippen molar-refractivity contribution in [2.75, 3.05) is 11.1 Å². The number of hydrogen-bond acceptors (Lipinski definition) is 7. The summed E-state index contributed by atoms with van der Waals surface area (Å²) in [7, 11) is 0. The van der Waals surface area contributed by atoms with Crippen molar-refractivity contribution in [3.8, 4) is 5.69 Å². The molecule has 0 spiro atoms. The van der Waals surface area contributed by atoms with Crippen LogP contribution in [0, 0.1) is 6.92 Å². The van der Waals surface area contributed by atoms with E-state index in [0.29, 0.717) is 17.5 Å². The Morgan fingerprint density at radius 2 is 1.76 bits per heavy atom. The topological polar surface area (TPSA) is 94.5 Å². The quantitative estimate of drug-likeness (QED) is 0.479. The van der Waals surface area contributed by atoms with E-state index >= 15 is 0 Å². The van der Waals surface area contributed by atoms with Crippen LogP contribution in [0.15, 0.2) is 67.0 Å². The van der Waals surface area contributed by atoms with Gasteiger partial charge in [0.05, 0.1) is 11.4 Å². The second-order valence-corrected chi connectivity index (χ2v) is 7.52. The Kier molecular flexibility index (Phi) is 5.71. The first-order chi connectivity index (χ1) is 14.2. The number of rotatable bonds is 7. The highest BCUT2D eigenvalue weighted by Gasteiger charge is 2.06. The van der Waals surface area contributed by atoms with Crippen molar-refractivity contribution >= 4 is 29.3 Å². The molecule has 0 aliphatic carbocycles. The SMILES string of the molecule is Cc1ccc(Nc2nc(N)nc(CSCc3ccc(-n4cccn4)cc3)n2)cc1. The summed E-state index contributed by atoms with van der Waals surface area (Å²) in [6.07, 6.45) is 3.70. The van der Waals surface area contributed by atoms with E-state index in [1.165, 1.54) is 11.1 Å². The standard InChI is InChI=1S/C21H21N7S/c1-15-3-7-17(8-4-15)24-21-26-19(25-20(22)27-21)14-29-13-16-5-9-18(10-6-16)28-12-2-11-23-28/h2-12H,13-14H2,1H3,(H3,22,24,25,26,27). The number of benzene rings is 2. The van der Waals surface area contributed by atoms with Crippen LogP contribution in [0.2, 0.25) is 0 Å². The van der Waals surface area contributed by atoms with Gasteiger partial charge in [0.1, 0.15) is 5.82 Å². The molecular formula is C21H21N7S. The van der Waals surface area contributed by atoms with E-state index in [1.54, 1.807) is 18.0 Å². The number of thioether (sulfide) groups is 1. The number of nitrogens with one attached hydrogen (secondary N) is 1. The molecule has 0 bridgehead atoms. The Bertz CT molecular complexity index is 1060.